The second kappa shape index (κ2) is 9.54. The van der Waals surface area contributed by atoms with Gasteiger partial charge in [-0.15, -0.1) is 11.3 Å². The van der Waals surface area contributed by atoms with E-state index in [9.17, 15) is 10.1 Å². The third-order valence-electron chi connectivity index (χ3n) is 5.93. The highest BCUT2D eigenvalue weighted by atomic mass is 32.1. The van der Waals surface area contributed by atoms with Crippen LogP contribution in [0.5, 0.6) is 0 Å². The molecule has 2 aliphatic rings. The predicted molar refractivity (Wildman–Crippen MR) is 119 cm³/mol. The number of carbonyl (C=O) groups is 1. The van der Waals surface area contributed by atoms with E-state index < -0.39 is 0 Å². The molecule has 0 bridgehead atoms. The van der Waals surface area contributed by atoms with Crippen LogP contribution >= 0.6 is 11.3 Å². The number of rotatable bonds is 7. The van der Waals surface area contributed by atoms with E-state index >= 15 is 0 Å². The van der Waals surface area contributed by atoms with Crippen molar-refractivity contribution in [3.05, 3.63) is 34.0 Å². The van der Waals surface area contributed by atoms with Gasteiger partial charge in [-0.3, -0.25) is 9.69 Å². The van der Waals surface area contributed by atoms with Crippen LogP contribution in [0.1, 0.15) is 48.6 Å². The number of piperazine rings is 1. The Bertz CT molecular complexity index is 928. The minimum atomic E-state index is -0.0337. The van der Waals surface area contributed by atoms with Gasteiger partial charge in [0.25, 0.3) is 0 Å². The highest BCUT2D eigenvalue weighted by molar-refractivity contribution is 7.13. The quantitative estimate of drug-likeness (QED) is 0.735. The number of carbonyl (C=O) groups excluding carboxylic acids is 1. The first-order chi connectivity index (χ1) is 14.7. The first-order valence-electron chi connectivity index (χ1n) is 10.8. The second-order valence-electron chi connectivity index (χ2n) is 7.93. The number of fused-ring (bicyclic) bond motifs is 1. The molecule has 3 heterocycles. The van der Waals surface area contributed by atoms with E-state index in [2.05, 4.69) is 33.1 Å². The summed E-state index contributed by atoms with van der Waals surface area (Å²) < 4.78 is 0. The number of pyridine rings is 1. The van der Waals surface area contributed by atoms with Crippen molar-refractivity contribution >= 4 is 28.2 Å². The lowest BCUT2D eigenvalue weighted by atomic mass is 10.00. The molecule has 1 N–H and O–H groups in total. The number of unbranched alkanes of at least 4 members (excludes halogenated alkanes) is 1. The monoisotopic (exact) mass is 424 g/mol. The second-order valence-corrected chi connectivity index (χ2v) is 8.83. The SMILES string of the molecule is CCCCc1nc(N2CCN(CC(=O)Nc3nccs3)CC2)c(C#N)c2c1CCC2. The summed E-state index contributed by atoms with van der Waals surface area (Å²) >= 11 is 1.42. The maximum Gasteiger partial charge on any atom is 0.240 e. The molecule has 2 aromatic rings. The van der Waals surface area contributed by atoms with Crippen LogP contribution in [-0.4, -0.2) is 53.5 Å². The Labute approximate surface area is 181 Å². The van der Waals surface area contributed by atoms with Gasteiger partial charge in [0.2, 0.25) is 5.91 Å². The van der Waals surface area contributed by atoms with Crippen LogP contribution in [-0.2, 0) is 24.1 Å². The van der Waals surface area contributed by atoms with Crippen molar-refractivity contribution in [3.8, 4) is 6.07 Å². The molecule has 2 aromatic heterocycles. The van der Waals surface area contributed by atoms with Gasteiger partial charge in [0.15, 0.2) is 5.13 Å². The molecule has 0 saturated carbocycles. The number of hydrogen-bond donors (Lipinski definition) is 1. The summed E-state index contributed by atoms with van der Waals surface area (Å²) in [6.07, 6.45) is 8.12. The lowest BCUT2D eigenvalue weighted by Gasteiger charge is -2.35. The predicted octanol–water partition coefficient (Wildman–Crippen LogP) is 3.00. The van der Waals surface area contributed by atoms with Crippen molar-refractivity contribution in [2.75, 3.05) is 42.9 Å². The van der Waals surface area contributed by atoms with E-state index in [1.807, 2.05) is 5.38 Å². The molecule has 0 aromatic carbocycles. The zero-order chi connectivity index (χ0) is 20.9. The van der Waals surface area contributed by atoms with Crippen LogP contribution in [0.15, 0.2) is 11.6 Å². The Kier molecular flexibility index (Phi) is 6.60. The first kappa shape index (κ1) is 20.8. The minimum Gasteiger partial charge on any atom is -0.353 e. The number of anilines is 2. The van der Waals surface area contributed by atoms with Gasteiger partial charge in [-0.2, -0.15) is 5.26 Å². The number of nitrogens with zero attached hydrogens (tertiary/aromatic N) is 5. The number of aryl methyl sites for hydroxylation is 1. The molecule has 8 heteroatoms. The Morgan fingerprint density at radius 3 is 2.77 bits per heavy atom. The van der Waals surface area contributed by atoms with Gasteiger partial charge in [-0.05, 0) is 43.2 Å². The summed E-state index contributed by atoms with van der Waals surface area (Å²) in [5, 5.41) is 15.2. The van der Waals surface area contributed by atoms with Gasteiger partial charge in [0.1, 0.15) is 11.9 Å². The normalized spacial score (nSPS) is 16.3. The van der Waals surface area contributed by atoms with E-state index in [1.54, 1.807) is 6.20 Å². The van der Waals surface area contributed by atoms with Crippen LogP contribution < -0.4 is 10.2 Å². The minimum absolute atomic E-state index is 0.0337. The molecule has 158 valence electrons. The standard InChI is InChI=1S/C22H28N6OS/c1-2-3-7-19-17-6-4-5-16(17)18(14-23)21(25-19)28-11-9-27(10-12-28)15-20(29)26-22-24-8-13-30-22/h8,13H,2-7,9-12,15H2,1H3,(H,24,26,29). The Hall–Kier alpha value is -2.50. The Morgan fingerprint density at radius 2 is 2.07 bits per heavy atom. The van der Waals surface area contributed by atoms with Gasteiger partial charge in [0, 0.05) is 43.4 Å². The van der Waals surface area contributed by atoms with Gasteiger partial charge in [0.05, 0.1) is 12.1 Å². The molecule has 1 fully saturated rings. The molecule has 0 spiro atoms. The fourth-order valence-electron chi connectivity index (χ4n) is 4.39. The molecule has 1 amide bonds. The van der Waals surface area contributed by atoms with Crippen LogP contribution in [0.2, 0.25) is 0 Å². The highest BCUT2D eigenvalue weighted by Gasteiger charge is 2.28. The highest BCUT2D eigenvalue weighted by Crippen LogP contribution is 2.34. The molecule has 1 aliphatic carbocycles. The summed E-state index contributed by atoms with van der Waals surface area (Å²) in [6.45, 7) is 5.67. The third kappa shape index (κ3) is 4.47. The smallest absolute Gasteiger partial charge is 0.240 e. The van der Waals surface area contributed by atoms with Crippen LogP contribution in [0.3, 0.4) is 0 Å². The van der Waals surface area contributed by atoms with Crippen molar-refractivity contribution in [1.29, 1.82) is 5.26 Å². The average Bonchev–Trinajstić information content (AvgIpc) is 3.44. The van der Waals surface area contributed by atoms with E-state index in [0.29, 0.717) is 11.7 Å². The number of hydrogen-bond acceptors (Lipinski definition) is 7. The molecule has 0 atom stereocenters. The number of nitriles is 1. The zero-order valence-corrected chi connectivity index (χ0v) is 18.3. The largest absolute Gasteiger partial charge is 0.353 e. The molecule has 1 aliphatic heterocycles. The van der Waals surface area contributed by atoms with E-state index in [0.717, 1.165) is 76.1 Å². The number of amides is 1. The zero-order valence-electron chi connectivity index (χ0n) is 17.5. The number of thiazole rings is 1. The van der Waals surface area contributed by atoms with Gasteiger partial charge in [-0.25, -0.2) is 9.97 Å². The van der Waals surface area contributed by atoms with E-state index in [4.69, 9.17) is 4.98 Å². The first-order valence-corrected chi connectivity index (χ1v) is 11.7. The molecule has 4 rings (SSSR count). The van der Waals surface area contributed by atoms with Crippen molar-refractivity contribution in [1.82, 2.24) is 14.9 Å². The van der Waals surface area contributed by atoms with Crippen molar-refractivity contribution in [2.45, 2.75) is 45.4 Å². The van der Waals surface area contributed by atoms with Crippen molar-refractivity contribution in [2.24, 2.45) is 0 Å². The van der Waals surface area contributed by atoms with Crippen molar-refractivity contribution in [3.63, 3.8) is 0 Å². The summed E-state index contributed by atoms with van der Waals surface area (Å²) in [6, 6.07) is 2.46. The molecule has 0 radical (unpaired) electrons. The fourth-order valence-corrected chi connectivity index (χ4v) is 4.93. The average molecular weight is 425 g/mol. The number of nitrogens with one attached hydrogen (secondary N) is 1. The molecule has 7 nitrogen and oxygen atoms in total. The summed E-state index contributed by atoms with van der Waals surface area (Å²) in [7, 11) is 0. The maximum absolute atomic E-state index is 12.2. The molecular formula is C22H28N6OS. The molecule has 0 unspecified atom stereocenters. The van der Waals surface area contributed by atoms with Crippen LogP contribution in [0.25, 0.3) is 0 Å². The Morgan fingerprint density at radius 1 is 1.27 bits per heavy atom. The van der Waals surface area contributed by atoms with Crippen LogP contribution in [0, 0.1) is 11.3 Å². The maximum atomic E-state index is 12.2. The lowest BCUT2D eigenvalue weighted by molar-refractivity contribution is -0.117. The summed E-state index contributed by atoms with van der Waals surface area (Å²) in [5.74, 6) is 0.824. The summed E-state index contributed by atoms with van der Waals surface area (Å²) in [4.78, 5) is 25.7. The summed E-state index contributed by atoms with van der Waals surface area (Å²) in [5.41, 5.74) is 4.54. The van der Waals surface area contributed by atoms with E-state index in [1.165, 1.54) is 28.2 Å². The molecular weight excluding hydrogens is 396 g/mol. The van der Waals surface area contributed by atoms with Crippen molar-refractivity contribution < 1.29 is 4.79 Å². The third-order valence-corrected chi connectivity index (χ3v) is 6.62. The number of aromatic nitrogens is 2. The van der Waals surface area contributed by atoms with Crippen LogP contribution in [0.4, 0.5) is 10.9 Å². The fraction of sp³-hybridized carbons (Fsp3) is 0.545. The topological polar surface area (TPSA) is 85.2 Å². The molecule has 30 heavy (non-hydrogen) atoms. The lowest BCUT2D eigenvalue weighted by Crippen LogP contribution is -2.49. The van der Waals surface area contributed by atoms with Gasteiger partial charge < -0.3 is 10.2 Å². The Balaban J connectivity index is 1.44. The van der Waals surface area contributed by atoms with Gasteiger partial charge >= 0.3 is 0 Å². The van der Waals surface area contributed by atoms with E-state index in [-0.39, 0.29) is 5.91 Å². The van der Waals surface area contributed by atoms with Gasteiger partial charge in [-0.1, -0.05) is 13.3 Å². The molecule has 1 saturated heterocycles.